The van der Waals surface area contributed by atoms with Crippen molar-refractivity contribution in [2.24, 2.45) is 5.92 Å². The minimum atomic E-state index is 0.233. The predicted molar refractivity (Wildman–Crippen MR) is 122 cm³/mol. The predicted octanol–water partition coefficient (Wildman–Crippen LogP) is 4.35. The number of morpholine rings is 1. The molecular weight excluding hydrogens is 388 g/mol. The van der Waals surface area contributed by atoms with E-state index in [2.05, 4.69) is 45.0 Å². The monoisotopic (exact) mass is 418 g/mol. The highest BCUT2D eigenvalue weighted by Crippen LogP contribution is 2.34. The van der Waals surface area contributed by atoms with Crippen molar-refractivity contribution < 1.29 is 9.47 Å². The van der Waals surface area contributed by atoms with Crippen molar-refractivity contribution in [2.75, 3.05) is 31.2 Å². The van der Waals surface area contributed by atoms with E-state index in [0.29, 0.717) is 5.92 Å². The molecule has 3 aromatic rings. The van der Waals surface area contributed by atoms with E-state index in [-0.39, 0.29) is 6.10 Å². The van der Waals surface area contributed by atoms with Crippen LogP contribution < -0.4 is 9.64 Å². The molecule has 2 aliphatic rings. The molecule has 0 radical (unpaired) electrons. The van der Waals surface area contributed by atoms with Gasteiger partial charge in [-0.15, -0.1) is 0 Å². The summed E-state index contributed by atoms with van der Waals surface area (Å²) in [6, 6.07) is 6.37. The lowest BCUT2D eigenvalue weighted by atomic mass is 9.83. The first-order chi connectivity index (χ1) is 15.3. The fourth-order valence-corrected chi connectivity index (χ4v) is 4.78. The molecule has 6 heteroatoms. The number of ether oxygens (including phenoxy) is 2. The third-order valence-electron chi connectivity index (χ3n) is 6.64. The minimum Gasteiger partial charge on any atom is -0.488 e. The van der Waals surface area contributed by atoms with Crippen LogP contribution in [-0.4, -0.2) is 47.4 Å². The molecule has 0 unspecified atom stereocenters. The molecule has 31 heavy (non-hydrogen) atoms. The number of hydrogen-bond acceptors (Lipinski definition) is 6. The van der Waals surface area contributed by atoms with E-state index in [1.165, 1.54) is 24.0 Å². The normalized spacial score (nSPS) is 21.9. The second kappa shape index (κ2) is 9.18. The molecule has 6 nitrogen and oxygen atoms in total. The van der Waals surface area contributed by atoms with Gasteiger partial charge >= 0.3 is 0 Å². The molecule has 5 rings (SSSR count). The van der Waals surface area contributed by atoms with E-state index in [9.17, 15) is 0 Å². The zero-order chi connectivity index (χ0) is 21.0. The van der Waals surface area contributed by atoms with E-state index >= 15 is 0 Å². The Morgan fingerprint density at radius 1 is 1.03 bits per heavy atom. The standard InChI is InChI=1S/C25H30N4O2/c1-18-6-7-26-17-20(18)14-19-2-4-22(5-3-19)31-24-16-21(29-10-12-30-13-11-29)15-23-25(24)28-9-8-27-23/h6-9,15-17,19,22H,2-5,10-14H2,1H3. The van der Waals surface area contributed by atoms with Crippen molar-refractivity contribution >= 4 is 16.7 Å². The lowest BCUT2D eigenvalue weighted by Gasteiger charge is -2.31. The summed E-state index contributed by atoms with van der Waals surface area (Å²) in [5.41, 5.74) is 5.62. The van der Waals surface area contributed by atoms with Crippen LogP contribution in [0.1, 0.15) is 36.8 Å². The molecule has 2 aromatic heterocycles. The lowest BCUT2D eigenvalue weighted by Crippen LogP contribution is -2.36. The Morgan fingerprint density at radius 3 is 2.65 bits per heavy atom. The summed E-state index contributed by atoms with van der Waals surface area (Å²) in [6.45, 7) is 5.48. The van der Waals surface area contributed by atoms with Gasteiger partial charge in [0.1, 0.15) is 11.3 Å². The van der Waals surface area contributed by atoms with Crippen LogP contribution in [0.25, 0.3) is 11.0 Å². The van der Waals surface area contributed by atoms with Gasteiger partial charge in [0.25, 0.3) is 0 Å². The van der Waals surface area contributed by atoms with E-state index in [1.807, 2.05) is 12.4 Å². The Balaban J connectivity index is 1.28. The summed E-state index contributed by atoms with van der Waals surface area (Å²) >= 11 is 0. The first kappa shape index (κ1) is 20.2. The number of hydrogen-bond donors (Lipinski definition) is 0. The molecule has 1 saturated heterocycles. The van der Waals surface area contributed by atoms with Gasteiger partial charge in [-0.1, -0.05) is 0 Å². The van der Waals surface area contributed by atoms with Crippen molar-refractivity contribution in [3.05, 3.63) is 54.1 Å². The highest BCUT2D eigenvalue weighted by atomic mass is 16.5. The average Bonchev–Trinajstić information content (AvgIpc) is 2.82. The largest absolute Gasteiger partial charge is 0.488 e. The molecule has 1 aliphatic carbocycles. The number of benzene rings is 1. The van der Waals surface area contributed by atoms with Crippen molar-refractivity contribution in [2.45, 2.75) is 45.1 Å². The number of aryl methyl sites for hydroxylation is 1. The molecule has 0 amide bonds. The maximum atomic E-state index is 6.55. The molecule has 162 valence electrons. The quantitative estimate of drug-likeness (QED) is 0.614. The third kappa shape index (κ3) is 4.64. The van der Waals surface area contributed by atoms with Gasteiger partial charge in [-0.25, -0.2) is 4.98 Å². The molecular formula is C25H30N4O2. The Bertz CT molecular complexity index is 1030. The minimum absolute atomic E-state index is 0.233. The van der Waals surface area contributed by atoms with Gasteiger partial charge in [0.2, 0.25) is 0 Å². The number of fused-ring (bicyclic) bond motifs is 1. The van der Waals surface area contributed by atoms with Gasteiger partial charge < -0.3 is 14.4 Å². The number of anilines is 1. The van der Waals surface area contributed by atoms with Crippen molar-refractivity contribution in [3.63, 3.8) is 0 Å². The highest BCUT2D eigenvalue weighted by Gasteiger charge is 2.24. The molecule has 0 atom stereocenters. The zero-order valence-electron chi connectivity index (χ0n) is 18.2. The summed E-state index contributed by atoms with van der Waals surface area (Å²) in [5, 5.41) is 0. The Kier molecular flexibility index (Phi) is 5.98. The van der Waals surface area contributed by atoms with Crippen LogP contribution in [0.3, 0.4) is 0 Å². The molecule has 0 bridgehead atoms. The highest BCUT2D eigenvalue weighted by molar-refractivity contribution is 5.85. The van der Waals surface area contributed by atoms with Crippen LogP contribution in [-0.2, 0) is 11.2 Å². The summed E-state index contributed by atoms with van der Waals surface area (Å²) in [7, 11) is 0. The topological polar surface area (TPSA) is 60.4 Å². The SMILES string of the molecule is Cc1ccncc1CC1CCC(Oc2cc(N3CCOCC3)cc3nccnc23)CC1. The van der Waals surface area contributed by atoms with Crippen LogP contribution in [0.2, 0.25) is 0 Å². The Morgan fingerprint density at radius 2 is 1.84 bits per heavy atom. The molecule has 3 heterocycles. The summed E-state index contributed by atoms with van der Waals surface area (Å²) in [4.78, 5) is 15.8. The number of rotatable bonds is 5. The second-order valence-corrected chi connectivity index (χ2v) is 8.73. The molecule has 1 saturated carbocycles. The number of aromatic nitrogens is 3. The van der Waals surface area contributed by atoms with Gasteiger partial charge in [0, 0.05) is 49.6 Å². The Labute approximate surface area is 183 Å². The van der Waals surface area contributed by atoms with Gasteiger partial charge in [0.05, 0.1) is 24.8 Å². The van der Waals surface area contributed by atoms with Gasteiger partial charge in [-0.05, 0) is 68.2 Å². The van der Waals surface area contributed by atoms with Crippen molar-refractivity contribution in [3.8, 4) is 5.75 Å². The zero-order valence-corrected chi connectivity index (χ0v) is 18.2. The lowest BCUT2D eigenvalue weighted by molar-refractivity contribution is 0.122. The molecule has 1 aliphatic heterocycles. The molecule has 2 fully saturated rings. The molecule has 1 aromatic carbocycles. The average molecular weight is 419 g/mol. The maximum Gasteiger partial charge on any atom is 0.149 e. The van der Waals surface area contributed by atoms with Gasteiger partial charge in [-0.3, -0.25) is 9.97 Å². The van der Waals surface area contributed by atoms with Crippen LogP contribution in [0.15, 0.2) is 43.0 Å². The fraction of sp³-hybridized carbons (Fsp3) is 0.480. The van der Waals surface area contributed by atoms with Crippen molar-refractivity contribution in [1.29, 1.82) is 0 Å². The number of pyridine rings is 1. The Hall–Kier alpha value is -2.73. The van der Waals surface area contributed by atoms with E-state index < -0.39 is 0 Å². The van der Waals surface area contributed by atoms with E-state index in [4.69, 9.17) is 9.47 Å². The van der Waals surface area contributed by atoms with Crippen molar-refractivity contribution in [1.82, 2.24) is 15.0 Å². The van der Waals surface area contributed by atoms with Crippen LogP contribution in [0, 0.1) is 12.8 Å². The van der Waals surface area contributed by atoms with Gasteiger partial charge in [0.15, 0.2) is 0 Å². The van der Waals surface area contributed by atoms with Crippen LogP contribution in [0.5, 0.6) is 5.75 Å². The third-order valence-corrected chi connectivity index (χ3v) is 6.64. The van der Waals surface area contributed by atoms with E-state index in [0.717, 1.165) is 68.0 Å². The first-order valence-electron chi connectivity index (χ1n) is 11.4. The first-order valence-corrected chi connectivity index (χ1v) is 11.4. The summed E-state index contributed by atoms with van der Waals surface area (Å²) in [6.07, 6.45) is 13.3. The van der Waals surface area contributed by atoms with Gasteiger partial charge in [-0.2, -0.15) is 0 Å². The maximum absolute atomic E-state index is 6.55. The second-order valence-electron chi connectivity index (χ2n) is 8.73. The molecule has 0 N–H and O–H groups in total. The van der Waals surface area contributed by atoms with E-state index in [1.54, 1.807) is 12.4 Å². The number of nitrogens with zero attached hydrogens (tertiary/aromatic N) is 4. The van der Waals surface area contributed by atoms with Crippen LogP contribution in [0.4, 0.5) is 5.69 Å². The fourth-order valence-electron chi connectivity index (χ4n) is 4.78. The van der Waals surface area contributed by atoms with Crippen LogP contribution >= 0.6 is 0 Å². The smallest absolute Gasteiger partial charge is 0.149 e. The summed E-state index contributed by atoms with van der Waals surface area (Å²) < 4.78 is 12.1. The molecule has 0 spiro atoms. The summed E-state index contributed by atoms with van der Waals surface area (Å²) in [5.74, 6) is 1.57.